The van der Waals surface area contributed by atoms with Gasteiger partial charge in [0.1, 0.15) is 18.1 Å². The van der Waals surface area contributed by atoms with Crippen molar-refractivity contribution in [1.82, 2.24) is 0 Å². The zero-order chi connectivity index (χ0) is 15.2. The zero-order valence-corrected chi connectivity index (χ0v) is 12.9. The van der Waals surface area contributed by atoms with E-state index in [1.165, 1.54) is 5.56 Å². The Hall–Kier alpha value is -2.00. The Morgan fingerprint density at radius 3 is 2.24 bits per heavy atom. The fourth-order valence-corrected chi connectivity index (χ4v) is 2.12. The molecule has 0 aromatic heterocycles. The highest BCUT2D eigenvalue weighted by molar-refractivity contribution is 5.32. The molecule has 2 N–H and O–H groups in total. The first-order valence-electron chi connectivity index (χ1n) is 7.22. The lowest BCUT2D eigenvalue weighted by Crippen LogP contribution is -2.19. The third-order valence-corrected chi connectivity index (χ3v) is 3.48. The lowest BCUT2D eigenvalue weighted by Gasteiger charge is -2.15. The molecular weight excluding hydrogens is 262 g/mol. The van der Waals surface area contributed by atoms with Gasteiger partial charge < -0.3 is 15.2 Å². The van der Waals surface area contributed by atoms with Crippen molar-refractivity contribution in [2.75, 3.05) is 13.7 Å². The molecule has 2 rings (SSSR count). The molecule has 0 spiro atoms. The second kappa shape index (κ2) is 7.14. The molecule has 0 fully saturated rings. The molecule has 112 valence electrons. The van der Waals surface area contributed by atoms with Gasteiger partial charge in [0, 0.05) is 0 Å². The molecular formula is C18H23NO2. The van der Waals surface area contributed by atoms with Crippen LogP contribution < -0.4 is 15.2 Å². The number of hydrogen-bond donors (Lipinski definition) is 1. The van der Waals surface area contributed by atoms with Crippen molar-refractivity contribution >= 4 is 0 Å². The van der Waals surface area contributed by atoms with E-state index in [0.29, 0.717) is 12.5 Å². The van der Waals surface area contributed by atoms with Crippen LogP contribution in [0.25, 0.3) is 0 Å². The molecule has 21 heavy (non-hydrogen) atoms. The monoisotopic (exact) mass is 285 g/mol. The van der Waals surface area contributed by atoms with E-state index in [0.717, 1.165) is 17.1 Å². The number of ether oxygens (including phenoxy) is 2. The van der Waals surface area contributed by atoms with Crippen LogP contribution in [0.4, 0.5) is 0 Å². The molecule has 0 saturated heterocycles. The van der Waals surface area contributed by atoms with Crippen molar-refractivity contribution in [3.63, 3.8) is 0 Å². The minimum absolute atomic E-state index is 0.178. The molecule has 2 aromatic carbocycles. The van der Waals surface area contributed by atoms with Gasteiger partial charge in [-0.05, 0) is 41.3 Å². The number of rotatable bonds is 6. The molecule has 3 nitrogen and oxygen atoms in total. The standard InChI is InChI=1S/C18H23NO2/c1-13(2)14-6-4-9-17(10-14)21-12-18(19)15-7-5-8-16(11-15)20-3/h4-11,13,18H,12,19H2,1-3H3. The molecule has 2 aromatic rings. The molecule has 0 heterocycles. The highest BCUT2D eigenvalue weighted by Gasteiger charge is 2.08. The molecule has 0 aliphatic heterocycles. The van der Waals surface area contributed by atoms with Gasteiger partial charge in [-0.1, -0.05) is 38.1 Å². The third kappa shape index (κ3) is 4.23. The van der Waals surface area contributed by atoms with Crippen molar-refractivity contribution in [2.24, 2.45) is 5.73 Å². The lowest BCUT2D eigenvalue weighted by atomic mass is 10.0. The highest BCUT2D eigenvalue weighted by atomic mass is 16.5. The minimum atomic E-state index is -0.178. The topological polar surface area (TPSA) is 44.5 Å². The summed E-state index contributed by atoms with van der Waals surface area (Å²) in [6, 6.07) is 15.8. The number of nitrogens with two attached hydrogens (primary N) is 1. The van der Waals surface area contributed by atoms with Crippen LogP contribution in [-0.2, 0) is 0 Å². The van der Waals surface area contributed by atoms with Crippen molar-refractivity contribution in [2.45, 2.75) is 25.8 Å². The maximum atomic E-state index is 6.18. The average molecular weight is 285 g/mol. The van der Waals surface area contributed by atoms with Gasteiger partial charge in [0.05, 0.1) is 13.2 Å². The summed E-state index contributed by atoms with van der Waals surface area (Å²) in [5, 5.41) is 0. The normalized spacial score (nSPS) is 12.2. The third-order valence-electron chi connectivity index (χ3n) is 3.48. The van der Waals surface area contributed by atoms with Crippen LogP contribution >= 0.6 is 0 Å². The van der Waals surface area contributed by atoms with Crippen molar-refractivity contribution in [1.29, 1.82) is 0 Å². The molecule has 0 saturated carbocycles. The molecule has 0 aliphatic rings. The summed E-state index contributed by atoms with van der Waals surface area (Å²) in [6.07, 6.45) is 0. The Labute approximate surface area is 126 Å². The second-order valence-electron chi connectivity index (χ2n) is 5.42. The van der Waals surface area contributed by atoms with Crippen molar-refractivity contribution < 1.29 is 9.47 Å². The maximum absolute atomic E-state index is 6.18. The summed E-state index contributed by atoms with van der Waals surface area (Å²) in [4.78, 5) is 0. The fourth-order valence-electron chi connectivity index (χ4n) is 2.12. The molecule has 1 atom stereocenters. The first-order chi connectivity index (χ1) is 10.1. The Bertz CT molecular complexity index is 581. The van der Waals surface area contributed by atoms with Crippen LogP contribution in [-0.4, -0.2) is 13.7 Å². The van der Waals surface area contributed by atoms with Crippen molar-refractivity contribution in [3.8, 4) is 11.5 Å². The Morgan fingerprint density at radius 2 is 1.57 bits per heavy atom. The quantitative estimate of drug-likeness (QED) is 0.875. The molecule has 0 amide bonds. The Morgan fingerprint density at radius 1 is 0.952 bits per heavy atom. The first-order valence-corrected chi connectivity index (χ1v) is 7.22. The highest BCUT2D eigenvalue weighted by Crippen LogP contribution is 2.22. The number of methoxy groups -OCH3 is 1. The lowest BCUT2D eigenvalue weighted by molar-refractivity contribution is 0.290. The van der Waals surface area contributed by atoms with E-state index < -0.39 is 0 Å². The first kappa shape index (κ1) is 15.4. The summed E-state index contributed by atoms with van der Waals surface area (Å²) >= 11 is 0. The van der Waals surface area contributed by atoms with Crippen LogP contribution in [0.2, 0.25) is 0 Å². The maximum Gasteiger partial charge on any atom is 0.119 e. The van der Waals surface area contributed by atoms with Crippen LogP contribution in [0, 0.1) is 0 Å². The van der Waals surface area contributed by atoms with Gasteiger partial charge in [-0.2, -0.15) is 0 Å². The van der Waals surface area contributed by atoms with E-state index in [4.69, 9.17) is 15.2 Å². The summed E-state index contributed by atoms with van der Waals surface area (Å²) in [5.41, 5.74) is 8.46. The average Bonchev–Trinajstić information content (AvgIpc) is 2.53. The number of benzene rings is 2. The van der Waals surface area contributed by atoms with Gasteiger partial charge in [0.15, 0.2) is 0 Å². The smallest absolute Gasteiger partial charge is 0.119 e. The van der Waals surface area contributed by atoms with Crippen LogP contribution in [0.3, 0.4) is 0 Å². The van der Waals surface area contributed by atoms with E-state index in [2.05, 4.69) is 26.0 Å². The summed E-state index contributed by atoms with van der Waals surface area (Å²) in [7, 11) is 1.65. The zero-order valence-electron chi connectivity index (χ0n) is 12.9. The molecule has 3 heteroatoms. The van der Waals surface area contributed by atoms with Crippen LogP contribution in [0.15, 0.2) is 48.5 Å². The van der Waals surface area contributed by atoms with E-state index in [1.54, 1.807) is 7.11 Å². The summed E-state index contributed by atoms with van der Waals surface area (Å²) in [5.74, 6) is 2.16. The van der Waals surface area contributed by atoms with Crippen molar-refractivity contribution in [3.05, 3.63) is 59.7 Å². The van der Waals surface area contributed by atoms with E-state index >= 15 is 0 Å². The second-order valence-corrected chi connectivity index (χ2v) is 5.42. The van der Waals surface area contributed by atoms with Gasteiger partial charge in [-0.15, -0.1) is 0 Å². The van der Waals surface area contributed by atoms with E-state index in [-0.39, 0.29) is 6.04 Å². The van der Waals surface area contributed by atoms with Gasteiger partial charge in [-0.25, -0.2) is 0 Å². The van der Waals surface area contributed by atoms with Crippen LogP contribution in [0.5, 0.6) is 11.5 Å². The van der Waals surface area contributed by atoms with Gasteiger partial charge in [-0.3, -0.25) is 0 Å². The molecule has 1 unspecified atom stereocenters. The largest absolute Gasteiger partial charge is 0.497 e. The Balaban J connectivity index is 2.00. The van der Waals surface area contributed by atoms with Gasteiger partial charge in [0.25, 0.3) is 0 Å². The predicted molar refractivity (Wildman–Crippen MR) is 85.9 cm³/mol. The van der Waals surface area contributed by atoms with E-state index in [9.17, 15) is 0 Å². The van der Waals surface area contributed by atoms with E-state index in [1.807, 2.05) is 36.4 Å². The molecule has 0 radical (unpaired) electrons. The SMILES string of the molecule is COc1cccc(C(N)COc2cccc(C(C)C)c2)c1. The molecule has 0 bridgehead atoms. The summed E-state index contributed by atoms with van der Waals surface area (Å²) < 4.78 is 11.0. The number of hydrogen-bond acceptors (Lipinski definition) is 3. The van der Waals surface area contributed by atoms with Gasteiger partial charge >= 0.3 is 0 Å². The predicted octanol–water partition coefficient (Wildman–Crippen LogP) is 3.90. The Kier molecular flexibility index (Phi) is 5.23. The molecule has 0 aliphatic carbocycles. The summed E-state index contributed by atoms with van der Waals surface area (Å²) in [6.45, 7) is 4.77. The van der Waals surface area contributed by atoms with Gasteiger partial charge in [0.2, 0.25) is 0 Å². The fraction of sp³-hybridized carbons (Fsp3) is 0.333. The minimum Gasteiger partial charge on any atom is -0.497 e. The van der Waals surface area contributed by atoms with Crippen LogP contribution in [0.1, 0.15) is 36.9 Å².